The van der Waals surface area contributed by atoms with Gasteiger partial charge in [-0.15, -0.1) is 0 Å². The molecule has 1 rings (SSSR count). The second kappa shape index (κ2) is 5.99. The van der Waals surface area contributed by atoms with Gasteiger partial charge < -0.3 is 9.80 Å². The number of rotatable bonds is 4. The van der Waals surface area contributed by atoms with Crippen LogP contribution in [0.15, 0.2) is 0 Å². The molecule has 0 aromatic carbocycles. The highest BCUT2D eigenvalue weighted by Gasteiger charge is 2.25. The molecular formula is C12H22N2O2. The lowest BCUT2D eigenvalue weighted by molar-refractivity contribution is -0.135. The van der Waals surface area contributed by atoms with E-state index in [9.17, 15) is 9.59 Å². The van der Waals surface area contributed by atoms with Crippen LogP contribution < -0.4 is 0 Å². The third-order valence-corrected chi connectivity index (χ3v) is 3.24. The zero-order chi connectivity index (χ0) is 12.1. The molecule has 4 heteroatoms. The van der Waals surface area contributed by atoms with Crippen LogP contribution in [0.25, 0.3) is 0 Å². The highest BCUT2D eigenvalue weighted by molar-refractivity contribution is 5.80. The van der Waals surface area contributed by atoms with Crippen molar-refractivity contribution in [3.63, 3.8) is 0 Å². The zero-order valence-electron chi connectivity index (χ0n) is 10.5. The van der Waals surface area contributed by atoms with Gasteiger partial charge in [0.25, 0.3) is 0 Å². The molecule has 1 aliphatic heterocycles. The lowest BCUT2D eigenvalue weighted by Crippen LogP contribution is -2.40. The predicted octanol–water partition coefficient (Wildman–Crippen LogP) is 0.766. The maximum Gasteiger partial charge on any atom is 0.225 e. The molecule has 1 amide bonds. The first-order chi connectivity index (χ1) is 7.50. The van der Waals surface area contributed by atoms with E-state index >= 15 is 0 Å². The van der Waals surface area contributed by atoms with E-state index in [2.05, 4.69) is 11.9 Å². The summed E-state index contributed by atoms with van der Waals surface area (Å²) < 4.78 is 0. The number of hydrogen-bond donors (Lipinski definition) is 0. The van der Waals surface area contributed by atoms with Gasteiger partial charge in [-0.3, -0.25) is 9.59 Å². The summed E-state index contributed by atoms with van der Waals surface area (Å²) in [5, 5.41) is 0. The number of Topliss-reactive ketones (excluding diaryl/α,β-unsaturated/α-hetero) is 1. The van der Waals surface area contributed by atoms with Crippen molar-refractivity contribution in [2.45, 2.75) is 26.2 Å². The Morgan fingerprint density at radius 2 is 1.88 bits per heavy atom. The summed E-state index contributed by atoms with van der Waals surface area (Å²) in [6.07, 6.45) is 2.36. The zero-order valence-corrected chi connectivity index (χ0v) is 10.5. The Bertz CT molecular complexity index is 258. The fourth-order valence-corrected chi connectivity index (χ4v) is 2.00. The average Bonchev–Trinajstić information content (AvgIpc) is 2.26. The van der Waals surface area contributed by atoms with Crippen molar-refractivity contribution >= 4 is 11.7 Å². The Labute approximate surface area is 97.6 Å². The van der Waals surface area contributed by atoms with Crippen LogP contribution in [-0.2, 0) is 9.59 Å². The van der Waals surface area contributed by atoms with Crippen LogP contribution in [0.4, 0.5) is 0 Å². The molecule has 0 aliphatic carbocycles. The van der Waals surface area contributed by atoms with E-state index in [1.807, 2.05) is 0 Å². The first-order valence-electron chi connectivity index (χ1n) is 5.93. The van der Waals surface area contributed by atoms with Gasteiger partial charge >= 0.3 is 0 Å². The summed E-state index contributed by atoms with van der Waals surface area (Å²) in [7, 11) is 3.88. The molecule has 92 valence electrons. The quantitative estimate of drug-likeness (QED) is 0.711. The number of ketones is 1. The standard InChI is InChI=1S/C12H22N2O2/c1-10(15)4-9-14(3)12(16)11-5-7-13(2)8-6-11/h11H,4-9H2,1-3H3. The van der Waals surface area contributed by atoms with E-state index in [1.165, 1.54) is 0 Å². The third-order valence-electron chi connectivity index (χ3n) is 3.24. The Morgan fingerprint density at radius 1 is 1.31 bits per heavy atom. The molecule has 0 aromatic heterocycles. The summed E-state index contributed by atoms with van der Waals surface area (Å²) in [5.74, 6) is 0.505. The predicted molar refractivity (Wildman–Crippen MR) is 63.2 cm³/mol. The van der Waals surface area contributed by atoms with Crippen LogP contribution in [0.1, 0.15) is 26.2 Å². The summed E-state index contributed by atoms with van der Waals surface area (Å²) in [6, 6.07) is 0. The van der Waals surface area contributed by atoms with Crippen LogP contribution in [0.3, 0.4) is 0 Å². The van der Waals surface area contributed by atoms with Gasteiger partial charge in [0.2, 0.25) is 5.91 Å². The topological polar surface area (TPSA) is 40.6 Å². The monoisotopic (exact) mass is 226 g/mol. The normalized spacial score (nSPS) is 18.4. The molecule has 1 heterocycles. The number of hydrogen-bond acceptors (Lipinski definition) is 3. The fraction of sp³-hybridized carbons (Fsp3) is 0.833. The van der Waals surface area contributed by atoms with E-state index in [4.69, 9.17) is 0 Å². The van der Waals surface area contributed by atoms with Crippen LogP contribution in [-0.4, -0.2) is 55.2 Å². The van der Waals surface area contributed by atoms with Gasteiger partial charge in [0, 0.05) is 25.9 Å². The van der Waals surface area contributed by atoms with Gasteiger partial charge in [-0.2, -0.15) is 0 Å². The molecule has 16 heavy (non-hydrogen) atoms. The molecule has 0 unspecified atom stereocenters. The second-order valence-corrected chi connectivity index (χ2v) is 4.79. The number of piperidine rings is 1. The van der Waals surface area contributed by atoms with Crippen molar-refractivity contribution in [3.05, 3.63) is 0 Å². The van der Waals surface area contributed by atoms with Gasteiger partial charge in [-0.05, 0) is 39.9 Å². The number of carbonyl (C=O) groups excluding carboxylic acids is 2. The average molecular weight is 226 g/mol. The lowest BCUT2D eigenvalue weighted by Gasteiger charge is -2.30. The third kappa shape index (κ3) is 3.93. The molecule has 0 spiro atoms. The van der Waals surface area contributed by atoms with Crippen molar-refractivity contribution in [1.29, 1.82) is 0 Å². The van der Waals surface area contributed by atoms with Gasteiger partial charge in [-0.1, -0.05) is 0 Å². The summed E-state index contributed by atoms with van der Waals surface area (Å²) in [4.78, 5) is 26.8. The van der Waals surface area contributed by atoms with Crippen LogP contribution in [0.2, 0.25) is 0 Å². The first kappa shape index (κ1) is 13.2. The maximum absolute atomic E-state index is 12.0. The van der Waals surface area contributed by atoms with Gasteiger partial charge in [0.15, 0.2) is 0 Å². The molecule has 0 saturated carbocycles. The largest absolute Gasteiger partial charge is 0.345 e. The molecule has 0 bridgehead atoms. The molecule has 1 fully saturated rings. The van der Waals surface area contributed by atoms with E-state index in [0.717, 1.165) is 25.9 Å². The van der Waals surface area contributed by atoms with Crippen LogP contribution in [0.5, 0.6) is 0 Å². The van der Waals surface area contributed by atoms with Crippen molar-refractivity contribution in [2.75, 3.05) is 33.7 Å². The molecule has 4 nitrogen and oxygen atoms in total. The Kier molecular flexibility index (Phi) is 4.93. The summed E-state index contributed by atoms with van der Waals surface area (Å²) in [5.41, 5.74) is 0. The highest BCUT2D eigenvalue weighted by atomic mass is 16.2. The van der Waals surface area contributed by atoms with Gasteiger partial charge in [-0.25, -0.2) is 0 Å². The van der Waals surface area contributed by atoms with Crippen molar-refractivity contribution in [1.82, 2.24) is 9.80 Å². The van der Waals surface area contributed by atoms with Gasteiger partial charge in [0.1, 0.15) is 5.78 Å². The van der Waals surface area contributed by atoms with E-state index in [0.29, 0.717) is 13.0 Å². The first-order valence-corrected chi connectivity index (χ1v) is 5.93. The van der Waals surface area contributed by atoms with E-state index < -0.39 is 0 Å². The minimum Gasteiger partial charge on any atom is -0.345 e. The summed E-state index contributed by atoms with van der Waals surface area (Å²) in [6.45, 7) is 4.11. The molecule has 0 aromatic rings. The molecule has 1 aliphatic rings. The second-order valence-electron chi connectivity index (χ2n) is 4.79. The van der Waals surface area contributed by atoms with Crippen LogP contribution >= 0.6 is 0 Å². The molecule has 0 radical (unpaired) electrons. The number of nitrogens with zero attached hydrogens (tertiary/aromatic N) is 2. The molecule has 0 N–H and O–H groups in total. The maximum atomic E-state index is 12.0. The van der Waals surface area contributed by atoms with Crippen LogP contribution in [0, 0.1) is 5.92 Å². The van der Waals surface area contributed by atoms with Crippen molar-refractivity contribution in [2.24, 2.45) is 5.92 Å². The number of likely N-dealkylation sites (tertiary alicyclic amines) is 1. The fourth-order valence-electron chi connectivity index (χ4n) is 2.00. The highest BCUT2D eigenvalue weighted by Crippen LogP contribution is 2.18. The smallest absolute Gasteiger partial charge is 0.225 e. The van der Waals surface area contributed by atoms with E-state index in [1.54, 1.807) is 18.9 Å². The van der Waals surface area contributed by atoms with E-state index in [-0.39, 0.29) is 17.6 Å². The van der Waals surface area contributed by atoms with Crippen molar-refractivity contribution < 1.29 is 9.59 Å². The minimum absolute atomic E-state index is 0.142. The lowest BCUT2D eigenvalue weighted by atomic mass is 9.95. The molecular weight excluding hydrogens is 204 g/mol. The van der Waals surface area contributed by atoms with Gasteiger partial charge in [0.05, 0.1) is 0 Å². The number of amides is 1. The SMILES string of the molecule is CC(=O)CCN(C)C(=O)C1CCN(C)CC1. The minimum atomic E-state index is 0.142. The Hall–Kier alpha value is -0.900. The Morgan fingerprint density at radius 3 is 2.38 bits per heavy atom. The molecule has 0 atom stereocenters. The molecule has 1 saturated heterocycles. The number of carbonyl (C=O) groups is 2. The van der Waals surface area contributed by atoms with Crippen molar-refractivity contribution in [3.8, 4) is 0 Å². The summed E-state index contributed by atoms with van der Waals surface area (Å²) >= 11 is 0. The Balaban J connectivity index is 2.35.